The second kappa shape index (κ2) is 7.01. The number of aldehydes is 1. The molecule has 4 atom stereocenters. The molecule has 1 aliphatic heterocycles. The van der Waals surface area contributed by atoms with E-state index >= 15 is 0 Å². The summed E-state index contributed by atoms with van der Waals surface area (Å²) in [6.45, 7) is 4.74. The molecule has 1 aromatic rings. The van der Waals surface area contributed by atoms with Crippen molar-refractivity contribution in [3.05, 3.63) is 35.6 Å². The highest BCUT2D eigenvalue weighted by Gasteiger charge is 2.40. The van der Waals surface area contributed by atoms with Crippen molar-refractivity contribution in [3.8, 4) is 0 Å². The molecule has 5 heteroatoms. The largest absolute Gasteiger partial charge is 0.480 e. The van der Waals surface area contributed by atoms with Gasteiger partial charge >= 0.3 is 5.97 Å². The van der Waals surface area contributed by atoms with Gasteiger partial charge in [0.25, 0.3) is 0 Å². The molecule has 0 amide bonds. The fraction of sp³-hybridized carbons (Fsp3) is 0.529. The Labute approximate surface area is 129 Å². The van der Waals surface area contributed by atoms with Gasteiger partial charge in [0.1, 0.15) is 18.1 Å². The highest BCUT2D eigenvalue weighted by atomic mass is 19.1. The van der Waals surface area contributed by atoms with Gasteiger partial charge < -0.3 is 9.90 Å². The molecular weight excluding hydrogens is 285 g/mol. The first-order valence-electron chi connectivity index (χ1n) is 7.65. The van der Waals surface area contributed by atoms with Crippen molar-refractivity contribution >= 4 is 12.3 Å². The molecule has 4 nitrogen and oxygen atoms in total. The number of likely N-dealkylation sites (tertiary alicyclic amines) is 1. The maximum absolute atomic E-state index is 13.4. The van der Waals surface area contributed by atoms with Crippen molar-refractivity contribution in [1.29, 1.82) is 0 Å². The predicted octanol–water partition coefficient (Wildman–Crippen LogP) is 2.54. The molecule has 1 aliphatic rings. The maximum atomic E-state index is 13.4. The van der Waals surface area contributed by atoms with E-state index in [1.54, 1.807) is 12.1 Å². The molecule has 1 fully saturated rings. The minimum Gasteiger partial charge on any atom is -0.480 e. The number of carbonyl (C=O) groups excluding carboxylic acids is 1. The summed E-state index contributed by atoms with van der Waals surface area (Å²) in [5, 5.41) is 9.51. The van der Waals surface area contributed by atoms with E-state index in [2.05, 4.69) is 0 Å². The number of carboxylic acid groups (broad SMARTS) is 1. The highest BCUT2D eigenvalue weighted by Crippen LogP contribution is 2.34. The Bertz CT molecular complexity index is 548. The predicted molar refractivity (Wildman–Crippen MR) is 81.1 cm³/mol. The minimum atomic E-state index is -0.862. The fourth-order valence-corrected chi connectivity index (χ4v) is 3.30. The van der Waals surface area contributed by atoms with Crippen LogP contribution in [0.2, 0.25) is 0 Å². The minimum absolute atomic E-state index is 0.00365. The fourth-order valence-electron chi connectivity index (χ4n) is 3.30. The first kappa shape index (κ1) is 16.6. The number of hydrogen-bond acceptors (Lipinski definition) is 3. The van der Waals surface area contributed by atoms with Crippen LogP contribution in [0, 0.1) is 17.7 Å². The quantitative estimate of drug-likeness (QED) is 0.821. The first-order chi connectivity index (χ1) is 10.5. The van der Waals surface area contributed by atoms with E-state index in [0.717, 1.165) is 18.3 Å². The Morgan fingerprint density at radius 3 is 2.77 bits per heavy atom. The Kier molecular flexibility index (Phi) is 5.29. The number of halogens is 1. The summed E-state index contributed by atoms with van der Waals surface area (Å²) in [5.74, 6) is -1.65. The maximum Gasteiger partial charge on any atom is 0.321 e. The number of aliphatic carboxylic acids is 1. The molecule has 0 saturated carbocycles. The lowest BCUT2D eigenvalue weighted by Crippen LogP contribution is -2.44. The molecule has 1 N–H and O–H groups in total. The third-order valence-electron chi connectivity index (χ3n) is 4.67. The lowest BCUT2D eigenvalue weighted by molar-refractivity contribution is -0.145. The zero-order chi connectivity index (χ0) is 16.3. The van der Waals surface area contributed by atoms with Crippen molar-refractivity contribution in [2.24, 2.45) is 11.8 Å². The van der Waals surface area contributed by atoms with E-state index in [1.165, 1.54) is 12.1 Å². The van der Waals surface area contributed by atoms with Crippen LogP contribution in [0.5, 0.6) is 0 Å². The molecular formula is C17H22FNO3. The number of benzene rings is 1. The molecule has 1 aromatic carbocycles. The van der Waals surface area contributed by atoms with Gasteiger partial charge in [-0.05, 0) is 23.6 Å². The van der Waals surface area contributed by atoms with Gasteiger partial charge in [-0.15, -0.1) is 0 Å². The van der Waals surface area contributed by atoms with Crippen LogP contribution in [0.4, 0.5) is 4.39 Å². The van der Waals surface area contributed by atoms with Crippen LogP contribution in [-0.4, -0.2) is 41.4 Å². The van der Waals surface area contributed by atoms with E-state index < -0.39 is 12.0 Å². The Morgan fingerprint density at radius 2 is 2.23 bits per heavy atom. The van der Waals surface area contributed by atoms with E-state index in [9.17, 15) is 19.1 Å². The van der Waals surface area contributed by atoms with Crippen LogP contribution in [-0.2, 0) is 9.59 Å². The summed E-state index contributed by atoms with van der Waals surface area (Å²) in [6, 6.07) is 5.62. The third-order valence-corrected chi connectivity index (χ3v) is 4.67. The van der Waals surface area contributed by atoms with Crippen molar-refractivity contribution in [1.82, 2.24) is 4.90 Å². The summed E-state index contributed by atoms with van der Waals surface area (Å²) in [4.78, 5) is 24.8. The molecule has 0 radical (unpaired) electrons. The van der Waals surface area contributed by atoms with Crippen molar-refractivity contribution in [2.75, 3.05) is 13.1 Å². The van der Waals surface area contributed by atoms with E-state index in [1.807, 2.05) is 18.7 Å². The van der Waals surface area contributed by atoms with Gasteiger partial charge in [-0.25, -0.2) is 4.39 Å². The van der Waals surface area contributed by atoms with Gasteiger partial charge in [0.2, 0.25) is 0 Å². The number of carbonyl (C=O) groups is 2. The third kappa shape index (κ3) is 3.35. The SMILES string of the molecule is CC[C@@H](C)[C@H](C(=O)O)N1C[C@H](c2cccc(F)c2)[C@@H](C=O)C1. The number of carboxylic acids is 1. The smallest absolute Gasteiger partial charge is 0.321 e. The van der Waals surface area contributed by atoms with Crippen molar-refractivity contribution in [3.63, 3.8) is 0 Å². The molecule has 22 heavy (non-hydrogen) atoms. The van der Waals surface area contributed by atoms with Crippen LogP contribution in [0.25, 0.3) is 0 Å². The van der Waals surface area contributed by atoms with Crippen LogP contribution in [0.1, 0.15) is 31.7 Å². The van der Waals surface area contributed by atoms with Crippen LogP contribution >= 0.6 is 0 Å². The van der Waals surface area contributed by atoms with Gasteiger partial charge in [-0.3, -0.25) is 9.69 Å². The lowest BCUT2D eigenvalue weighted by Gasteiger charge is -2.28. The van der Waals surface area contributed by atoms with Gasteiger partial charge in [0, 0.05) is 24.9 Å². The average Bonchev–Trinajstić information content (AvgIpc) is 2.90. The number of rotatable bonds is 6. The van der Waals surface area contributed by atoms with Gasteiger partial charge in [0.05, 0.1) is 0 Å². The zero-order valence-electron chi connectivity index (χ0n) is 12.9. The molecule has 0 spiro atoms. The molecule has 1 saturated heterocycles. The summed E-state index contributed by atoms with van der Waals surface area (Å²) >= 11 is 0. The summed E-state index contributed by atoms with van der Waals surface area (Å²) in [5.41, 5.74) is 0.757. The summed E-state index contributed by atoms with van der Waals surface area (Å²) in [6.07, 6.45) is 1.62. The Balaban J connectivity index is 2.25. The average molecular weight is 307 g/mol. The van der Waals surface area contributed by atoms with E-state index in [0.29, 0.717) is 13.1 Å². The van der Waals surface area contributed by atoms with Crippen LogP contribution < -0.4 is 0 Å². The molecule has 2 rings (SSSR count). The van der Waals surface area contributed by atoms with Crippen LogP contribution in [0.3, 0.4) is 0 Å². The van der Waals surface area contributed by atoms with Crippen molar-refractivity contribution < 1.29 is 19.1 Å². The standard InChI is InChI=1S/C17H22FNO3/c1-3-11(2)16(17(21)22)19-8-13(10-20)15(9-19)12-5-4-6-14(18)7-12/h4-7,10-11,13,15-16H,3,8-9H2,1-2H3,(H,21,22)/t11-,13-,15-,16-/m1/s1. The molecule has 0 unspecified atom stereocenters. The normalized spacial score (nSPS) is 24.9. The molecule has 120 valence electrons. The second-order valence-electron chi connectivity index (χ2n) is 6.08. The molecule has 0 aromatic heterocycles. The molecule has 1 heterocycles. The topological polar surface area (TPSA) is 57.6 Å². The van der Waals surface area contributed by atoms with Gasteiger partial charge in [0.15, 0.2) is 0 Å². The molecule has 0 bridgehead atoms. The van der Waals surface area contributed by atoms with E-state index in [4.69, 9.17) is 0 Å². The van der Waals surface area contributed by atoms with Gasteiger partial charge in [-0.2, -0.15) is 0 Å². The Morgan fingerprint density at radius 1 is 1.50 bits per heavy atom. The van der Waals surface area contributed by atoms with Crippen molar-refractivity contribution in [2.45, 2.75) is 32.2 Å². The number of hydrogen-bond donors (Lipinski definition) is 1. The highest BCUT2D eigenvalue weighted by molar-refractivity contribution is 5.74. The number of nitrogens with zero attached hydrogens (tertiary/aromatic N) is 1. The second-order valence-corrected chi connectivity index (χ2v) is 6.08. The Hall–Kier alpha value is -1.75. The molecule has 0 aliphatic carbocycles. The summed E-state index contributed by atoms with van der Waals surface area (Å²) in [7, 11) is 0. The van der Waals surface area contributed by atoms with Gasteiger partial charge in [-0.1, -0.05) is 32.4 Å². The zero-order valence-corrected chi connectivity index (χ0v) is 12.9. The van der Waals surface area contributed by atoms with E-state index in [-0.39, 0.29) is 23.6 Å². The first-order valence-corrected chi connectivity index (χ1v) is 7.65. The lowest BCUT2D eigenvalue weighted by atomic mass is 9.90. The monoisotopic (exact) mass is 307 g/mol. The van der Waals surface area contributed by atoms with Crippen LogP contribution in [0.15, 0.2) is 24.3 Å². The summed E-state index contributed by atoms with van der Waals surface area (Å²) < 4.78 is 13.4.